The van der Waals surface area contributed by atoms with Crippen LogP contribution in [0.4, 0.5) is 4.79 Å². The standard InChI is InChI=1S/C11H13NO3/c13-10(9-4-2-1-3-5-9)8-12-6-7-15-11(12)14/h1-5,10,13H,6-8H2. The zero-order valence-corrected chi connectivity index (χ0v) is 8.30. The highest BCUT2D eigenvalue weighted by Gasteiger charge is 2.24. The van der Waals surface area contributed by atoms with Crippen LogP contribution in [0.5, 0.6) is 0 Å². The van der Waals surface area contributed by atoms with Crippen LogP contribution in [0.25, 0.3) is 0 Å². The summed E-state index contributed by atoms with van der Waals surface area (Å²) in [5.41, 5.74) is 0.817. The third-order valence-corrected chi connectivity index (χ3v) is 2.42. The van der Waals surface area contributed by atoms with Crippen LogP contribution in [0.1, 0.15) is 11.7 Å². The maximum atomic E-state index is 11.1. The number of nitrogens with zero attached hydrogens (tertiary/aromatic N) is 1. The molecule has 1 N–H and O–H groups in total. The Morgan fingerprint density at radius 2 is 2.13 bits per heavy atom. The molecule has 0 spiro atoms. The number of hydrogen-bond acceptors (Lipinski definition) is 3. The quantitative estimate of drug-likeness (QED) is 0.809. The lowest BCUT2D eigenvalue weighted by Gasteiger charge is -2.17. The van der Waals surface area contributed by atoms with Gasteiger partial charge in [-0.05, 0) is 5.56 Å². The lowest BCUT2D eigenvalue weighted by molar-refractivity contribution is 0.118. The molecule has 0 aliphatic carbocycles. The first-order chi connectivity index (χ1) is 7.27. The average Bonchev–Trinajstić information content (AvgIpc) is 2.66. The number of cyclic esters (lactones) is 1. The van der Waals surface area contributed by atoms with Gasteiger partial charge in [0.25, 0.3) is 0 Å². The van der Waals surface area contributed by atoms with Gasteiger partial charge in [-0.25, -0.2) is 4.79 Å². The Kier molecular flexibility index (Phi) is 2.87. The molecule has 1 amide bonds. The van der Waals surface area contributed by atoms with E-state index in [9.17, 15) is 9.90 Å². The van der Waals surface area contributed by atoms with E-state index in [0.717, 1.165) is 5.56 Å². The van der Waals surface area contributed by atoms with Crippen molar-refractivity contribution in [2.24, 2.45) is 0 Å². The fourth-order valence-electron chi connectivity index (χ4n) is 1.58. The maximum Gasteiger partial charge on any atom is 0.410 e. The summed E-state index contributed by atoms with van der Waals surface area (Å²) >= 11 is 0. The van der Waals surface area contributed by atoms with Crippen LogP contribution in [-0.4, -0.2) is 35.8 Å². The summed E-state index contributed by atoms with van der Waals surface area (Å²) in [4.78, 5) is 12.6. The molecule has 80 valence electrons. The minimum atomic E-state index is -0.642. The van der Waals surface area contributed by atoms with Gasteiger partial charge >= 0.3 is 6.09 Å². The largest absolute Gasteiger partial charge is 0.448 e. The lowest BCUT2D eigenvalue weighted by Crippen LogP contribution is -2.29. The van der Waals surface area contributed by atoms with Crippen LogP contribution in [-0.2, 0) is 4.74 Å². The number of β-amino-alcohol motifs (C(OH)–C–C–N with tert-alkyl or cyclic N) is 1. The summed E-state index contributed by atoms with van der Waals surface area (Å²) in [6, 6.07) is 9.29. The minimum Gasteiger partial charge on any atom is -0.448 e. The number of aliphatic hydroxyl groups is 1. The molecule has 4 nitrogen and oxygen atoms in total. The van der Waals surface area contributed by atoms with Crippen molar-refractivity contribution >= 4 is 6.09 Å². The van der Waals surface area contributed by atoms with Crippen molar-refractivity contribution in [2.45, 2.75) is 6.10 Å². The second-order valence-electron chi connectivity index (χ2n) is 3.49. The van der Waals surface area contributed by atoms with Gasteiger partial charge in [-0.3, -0.25) is 0 Å². The molecule has 4 heteroatoms. The van der Waals surface area contributed by atoms with E-state index in [1.807, 2.05) is 30.3 Å². The second kappa shape index (κ2) is 4.31. The van der Waals surface area contributed by atoms with Crippen LogP contribution in [0.15, 0.2) is 30.3 Å². The molecule has 1 aliphatic rings. The van der Waals surface area contributed by atoms with Crippen molar-refractivity contribution in [2.75, 3.05) is 19.7 Å². The van der Waals surface area contributed by atoms with Crippen LogP contribution in [0, 0.1) is 0 Å². The first kappa shape index (κ1) is 9.98. The average molecular weight is 207 g/mol. The summed E-state index contributed by atoms with van der Waals surface area (Å²) in [5, 5.41) is 9.85. The van der Waals surface area contributed by atoms with Gasteiger partial charge in [-0.15, -0.1) is 0 Å². The molecular formula is C11H13NO3. The third-order valence-electron chi connectivity index (χ3n) is 2.42. The van der Waals surface area contributed by atoms with Crippen molar-refractivity contribution < 1.29 is 14.6 Å². The Morgan fingerprint density at radius 1 is 1.40 bits per heavy atom. The maximum absolute atomic E-state index is 11.1. The molecule has 1 aliphatic heterocycles. The minimum absolute atomic E-state index is 0.294. The Morgan fingerprint density at radius 3 is 2.73 bits per heavy atom. The lowest BCUT2D eigenvalue weighted by atomic mass is 10.1. The third kappa shape index (κ3) is 2.27. The molecule has 1 heterocycles. The highest BCUT2D eigenvalue weighted by atomic mass is 16.6. The molecule has 0 radical (unpaired) electrons. The zero-order chi connectivity index (χ0) is 10.7. The van der Waals surface area contributed by atoms with Gasteiger partial charge in [0.1, 0.15) is 6.61 Å². The van der Waals surface area contributed by atoms with Gasteiger partial charge in [0.15, 0.2) is 0 Å². The molecule has 1 fully saturated rings. The number of rotatable bonds is 3. The van der Waals surface area contributed by atoms with Gasteiger partial charge < -0.3 is 14.7 Å². The molecule has 0 aromatic heterocycles. The molecule has 1 aromatic carbocycles. The summed E-state index contributed by atoms with van der Waals surface area (Å²) in [6.07, 6.45) is -0.984. The Hall–Kier alpha value is -1.55. The first-order valence-electron chi connectivity index (χ1n) is 4.92. The first-order valence-corrected chi connectivity index (χ1v) is 4.92. The zero-order valence-electron chi connectivity index (χ0n) is 8.30. The molecule has 15 heavy (non-hydrogen) atoms. The van der Waals surface area contributed by atoms with E-state index in [0.29, 0.717) is 19.7 Å². The fraction of sp³-hybridized carbons (Fsp3) is 0.364. The SMILES string of the molecule is O=C1OCCN1CC(O)c1ccccc1. The van der Waals surface area contributed by atoms with Crippen LogP contribution < -0.4 is 0 Å². The molecule has 0 bridgehead atoms. The number of carbonyl (C=O) groups is 1. The highest BCUT2D eigenvalue weighted by molar-refractivity contribution is 5.69. The van der Waals surface area contributed by atoms with E-state index >= 15 is 0 Å². The summed E-state index contributed by atoms with van der Waals surface area (Å²) in [5.74, 6) is 0. The number of amides is 1. The van der Waals surface area contributed by atoms with Crippen molar-refractivity contribution in [3.05, 3.63) is 35.9 Å². The summed E-state index contributed by atoms with van der Waals surface area (Å²) in [7, 11) is 0. The van der Waals surface area contributed by atoms with E-state index in [1.165, 1.54) is 4.90 Å². The Balaban J connectivity index is 1.98. The smallest absolute Gasteiger partial charge is 0.410 e. The predicted molar refractivity (Wildman–Crippen MR) is 54.3 cm³/mol. The number of benzene rings is 1. The molecule has 1 saturated heterocycles. The van der Waals surface area contributed by atoms with Crippen molar-refractivity contribution in [1.29, 1.82) is 0 Å². The van der Waals surface area contributed by atoms with Gasteiger partial charge in [0.05, 0.1) is 19.2 Å². The number of hydrogen-bond donors (Lipinski definition) is 1. The van der Waals surface area contributed by atoms with Gasteiger partial charge in [-0.2, -0.15) is 0 Å². The van der Waals surface area contributed by atoms with Gasteiger partial charge in [0, 0.05) is 0 Å². The van der Waals surface area contributed by atoms with E-state index in [1.54, 1.807) is 0 Å². The summed E-state index contributed by atoms with van der Waals surface area (Å²) < 4.78 is 4.78. The molecule has 1 aromatic rings. The summed E-state index contributed by atoms with van der Waals surface area (Å²) in [6.45, 7) is 1.27. The van der Waals surface area contributed by atoms with Crippen LogP contribution in [0.3, 0.4) is 0 Å². The van der Waals surface area contributed by atoms with Crippen LogP contribution >= 0.6 is 0 Å². The molecular weight excluding hydrogens is 194 g/mol. The van der Waals surface area contributed by atoms with E-state index in [-0.39, 0.29) is 6.09 Å². The number of ether oxygens (including phenoxy) is 1. The predicted octanol–water partition coefficient (Wildman–Crippen LogP) is 1.17. The fourth-order valence-corrected chi connectivity index (χ4v) is 1.58. The monoisotopic (exact) mass is 207 g/mol. The van der Waals surface area contributed by atoms with Crippen molar-refractivity contribution in [1.82, 2.24) is 4.90 Å². The van der Waals surface area contributed by atoms with Gasteiger partial charge in [-0.1, -0.05) is 30.3 Å². The molecule has 1 atom stereocenters. The van der Waals surface area contributed by atoms with E-state index in [4.69, 9.17) is 4.74 Å². The molecule has 0 saturated carbocycles. The Bertz CT molecular complexity index is 339. The second-order valence-corrected chi connectivity index (χ2v) is 3.49. The van der Waals surface area contributed by atoms with Gasteiger partial charge in [0.2, 0.25) is 0 Å². The number of carbonyl (C=O) groups excluding carboxylic acids is 1. The van der Waals surface area contributed by atoms with Crippen LogP contribution in [0.2, 0.25) is 0 Å². The topological polar surface area (TPSA) is 49.8 Å². The molecule has 1 unspecified atom stereocenters. The Labute approximate surface area is 88.1 Å². The van der Waals surface area contributed by atoms with Crippen molar-refractivity contribution in [3.63, 3.8) is 0 Å². The highest BCUT2D eigenvalue weighted by Crippen LogP contribution is 2.15. The van der Waals surface area contributed by atoms with E-state index in [2.05, 4.69) is 0 Å². The molecule has 2 rings (SSSR count). The van der Waals surface area contributed by atoms with Crippen molar-refractivity contribution in [3.8, 4) is 0 Å². The van der Waals surface area contributed by atoms with E-state index < -0.39 is 6.10 Å². The normalized spacial score (nSPS) is 17.7. The number of aliphatic hydroxyl groups excluding tert-OH is 1.